The second-order valence-electron chi connectivity index (χ2n) is 2.90. The van der Waals surface area contributed by atoms with Gasteiger partial charge in [-0.15, -0.1) is 0 Å². The Hall–Kier alpha value is -0.650. The molecule has 0 aromatic heterocycles. The van der Waals surface area contributed by atoms with Gasteiger partial charge in [0.2, 0.25) is 0 Å². The lowest BCUT2D eigenvalue weighted by Crippen LogP contribution is -2.32. The zero-order valence-electron chi connectivity index (χ0n) is 8.78. The molecule has 0 saturated heterocycles. The van der Waals surface area contributed by atoms with Crippen molar-refractivity contribution in [1.82, 2.24) is 5.32 Å². The van der Waals surface area contributed by atoms with E-state index in [0.717, 1.165) is 0 Å². The molecule has 0 aromatic rings. The quantitative estimate of drug-likeness (QED) is 0.414. The van der Waals surface area contributed by atoms with Crippen LogP contribution in [0.1, 0.15) is 13.8 Å². The average Bonchev–Trinajstić information content (AvgIpc) is 2.17. The molecule has 0 aliphatic carbocycles. The van der Waals surface area contributed by atoms with Crippen LogP contribution in [-0.4, -0.2) is 50.1 Å². The second-order valence-corrected chi connectivity index (χ2v) is 2.90. The Labute approximate surface area is 84.4 Å². The second kappa shape index (κ2) is 8.93. The van der Waals surface area contributed by atoms with Gasteiger partial charge in [-0.3, -0.25) is 0 Å². The van der Waals surface area contributed by atoms with E-state index in [1.807, 2.05) is 6.92 Å². The zero-order chi connectivity index (χ0) is 10.8. The first-order valence-electron chi connectivity index (χ1n) is 4.78. The first kappa shape index (κ1) is 13.4. The molecule has 1 atom stereocenters. The van der Waals surface area contributed by atoms with Gasteiger partial charge in [0.15, 0.2) is 0 Å². The van der Waals surface area contributed by atoms with Crippen molar-refractivity contribution in [3.63, 3.8) is 0 Å². The van der Waals surface area contributed by atoms with Crippen LogP contribution in [0.4, 0.5) is 0 Å². The molecule has 0 aromatic carbocycles. The Morgan fingerprint density at radius 2 is 2.29 bits per heavy atom. The molecule has 14 heavy (non-hydrogen) atoms. The highest BCUT2D eigenvalue weighted by Gasteiger charge is 2.01. The third-order valence-electron chi connectivity index (χ3n) is 1.54. The van der Waals surface area contributed by atoms with Crippen molar-refractivity contribution in [2.24, 2.45) is 0 Å². The lowest BCUT2D eigenvalue weighted by Gasteiger charge is -2.10. The number of aliphatic hydroxyl groups excluding tert-OH is 1. The number of hydrogen-bond donors (Lipinski definition) is 2. The minimum absolute atomic E-state index is 0.0109. The third kappa shape index (κ3) is 7.97. The van der Waals surface area contributed by atoms with Crippen molar-refractivity contribution in [2.75, 3.05) is 33.0 Å². The molecule has 2 N–H and O–H groups in total. The van der Waals surface area contributed by atoms with Gasteiger partial charge in [0, 0.05) is 12.6 Å². The number of rotatable bonds is 8. The van der Waals surface area contributed by atoms with Gasteiger partial charge in [0.05, 0.1) is 19.8 Å². The molecule has 0 radical (unpaired) electrons. The van der Waals surface area contributed by atoms with Gasteiger partial charge in [0.25, 0.3) is 0 Å². The topological polar surface area (TPSA) is 67.8 Å². The van der Waals surface area contributed by atoms with E-state index >= 15 is 0 Å². The van der Waals surface area contributed by atoms with Gasteiger partial charge in [-0.2, -0.15) is 0 Å². The van der Waals surface area contributed by atoms with Gasteiger partial charge in [0.1, 0.15) is 6.61 Å². The maximum absolute atomic E-state index is 10.8. The number of carbonyl (C=O) groups is 1. The highest BCUT2D eigenvalue weighted by Crippen LogP contribution is 1.82. The van der Waals surface area contributed by atoms with E-state index in [0.29, 0.717) is 19.8 Å². The Kier molecular flexibility index (Phi) is 8.51. The van der Waals surface area contributed by atoms with E-state index in [4.69, 9.17) is 9.84 Å². The Morgan fingerprint density at radius 1 is 1.57 bits per heavy atom. The van der Waals surface area contributed by atoms with Crippen molar-refractivity contribution in [1.29, 1.82) is 0 Å². The van der Waals surface area contributed by atoms with E-state index in [9.17, 15) is 4.79 Å². The molecular formula is C9H19NO4. The van der Waals surface area contributed by atoms with Crippen LogP contribution in [0.25, 0.3) is 0 Å². The summed E-state index contributed by atoms with van der Waals surface area (Å²) in [6.07, 6.45) is 0. The first-order chi connectivity index (χ1) is 6.70. The van der Waals surface area contributed by atoms with Crippen molar-refractivity contribution in [3.05, 3.63) is 0 Å². The molecule has 0 rings (SSSR count). The number of esters is 1. The smallest absolute Gasteiger partial charge is 0.332 e. The van der Waals surface area contributed by atoms with E-state index in [2.05, 4.69) is 10.1 Å². The molecule has 0 aliphatic heterocycles. The maximum Gasteiger partial charge on any atom is 0.332 e. The Bertz CT molecular complexity index is 152. The number of hydrogen-bond acceptors (Lipinski definition) is 5. The van der Waals surface area contributed by atoms with Crippen LogP contribution in [0, 0.1) is 0 Å². The van der Waals surface area contributed by atoms with E-state index in [1.54, 1.807) is 6.92 Å². The van der Waals surface area contributed by atoms with Gasteiger partial charge in [-0.1, -0.05) is 0 Å². The summed E-state index contributed by atoms with van der Waals surface area (Å²) in [6.45, 7) is 5.13. The zero-order valence-corrected chi connectivity index (χ0v) is 8.78. The summed E-state index contributed by atoms with van der Waals surface area (Å²) in [5.41, 5.74) is 0. The van der Waals surface area contributed by atoms with E-state index in [1.165, 1.54) is 0 Å². The molecule has 0 heterocycles. The van der Waals surface area contributed by atoms with E-state index < -0.39 is 0 Å². The standard InChI is InChI=1S/C9H19NO4/c1-3-14-9(12)7-13-5-4-10-8(2)6-11/h8,10-11H,3-7H2,1-2H3. The number of aliphatic hydroxyl groups is 1. The molecule has 0 spiro atoms. The summed E-state index contributed by atoms with van der Waals surface area (Å²) < 4.78 is 9.69. The van der Waals surface area contributed by atoms with Crippen LogP contribution in [0.2, 0.25) is 0 Å². The van der Waals surface area contributed by atoms with Gasteiger partial charge in [-0.25, -0.2) is 4.79 Å². The molecule has 0 bridgehead atoms. The fraction of sp³-hybridized carbons (Fsp3) is 0.889. The van der Waals surface area contributed by atoms with Crippen LogP contribution >= 0.6 is 0 Å². The first-order valence-corrected chi connectivity index (χ1v) is 4.78. The van der Waals surface area contributed by atoms with Crippen LogP contribution in [0.15, 0.2) is 0 Å². The highest BCUT2D eigenvalue weighted by atomic mass is 16.6. The lowest BCUT2D eigenvalue weighted by atomic mass is 10.4. The van der Waals surface area contributed by atoms with Crippen LogP contribution in [0.3, 0.4) is 0 Å². The summed E-state index contributed by atoms with van der Waals surface area (Å²) >= 11 is 0. The summed E-state index contributed by atoms with van der Waals surface area (Å²) in [5, 5.41) is 11.7. The van der Waals surface area contributed by atoms with Crippen molar-refractivity contribution in [3.8, 4) is 0 Å². The fourth-order valence-corrected chi connectivity index (χ4v) is 0.800. The Morgan fingerprint density at radius 3 is 2.86 bits per heavy atom. The predicted molar refractivity (Wildman–Crippen MR) is 52.0 cm³/mol. The monoisotopic (exact) mass is 205 g/mol. The lowest BCUT2D eigenvalue weighted by molar-refractivity contribution is -0.148. The van der Waals surface area contributed by atoms with Crippen molar-refractivity contribution in [2.45, 2.75) is 19.9 Å². The number of carbonyl (C=O) groups excluding carboxylic acids is 1. The number of nitrogens with one attached hydrogen (secondary N) is 1. The summed E-state index contributed by atoms with van der Waals surface area (Å²) in [6, 6.07) is 0.0567. The minimum Gasteiger partial charge on any atom is -0.464 e. The molecule has 84 valence electrons. The molecule has 0 amide bonds. The molecule has 1 unspecified atom stereocenters. The van der Waals surface area contributed by atoms with E-state index in [-0.39, 0.29) is 25.2 Å². The van der Waals surface area contributed by atoms with Crippen LogP contribution < -0.4 is 5.32 Å². The van der Waals surface area contributed by atoms with Crippen molar-refractivity contribution >= 4 is 5.97 Å². The maximum atomic E-state index is 10.8. The molecule has 0 aliphatic rings. The summed E-state index contributed by atoms with van der Waals surface area (Å²) in [7, 11) is 0. The van der Waals surface area contributed by atoms with Crippen LogP contribution in [-0.2, 0) is 14.3 Å². The summed E-state index contributed by atoms with van der Waals surface area (Å²) in [4.78, 5) is 10.8. The van der Waals surface area contributed by atoms with Gasteiger partial charge < -0.3 is 19.9 Å². The largest absolute Gasteiger partial charge is 0.464 e. The molecular weight excluding hydrogens is 186 g/mol. The predicted octanol–water partition coefficient (Wildman–Crippen LogP) is -0.463. The summed E-state index contributed by atoms with van der Waals surface area (Å²) in [5.74, 6) is -0.345. The third-order valence-corrected chi connectivity index (χ3v) is 1.54. The highest BCUT2D eigenvalue weighted by molar-refractivity contribution is 5.70. The molecule has 5 nitrogen and oxygen atoms in total. The molecule has 5 heteroatoms. The van der Waals surface area contributed by atoms with Crippen molar-refractivity contribution < 1.29 is 19.4 Å². The molecule has 0 saturated carbocycles. The fourth-order valence-electron chi connectivity index (χ4n) is 0.800. The average molecular weight is 205 g/mol. The normalized spacial score (nSPS) is 12.5. The molecule has 0 fully saturated rings. The number of ether oxygens (including phenoxy) is 2. The minimum atomic E-state index is -0.345. The van der Waals surface area contributed by atoms with Gasteiger partial charge in [-0.05, 0) is 13.8 Å². The Balaban J connectivity index is 3.17. The van der Waals surface area contributed by atoms with Gasteiger partial charge >= 0.3 is 5.97 Å². The SMILES string of the molecule is CCOC(=O)COCCNC(C)CO. The van der Waals surface area contributed by atoms with Crippen LogP contribution in [0.5, 0.6) is 0 Å².